The predicted octanol–water partition coefficient (Wildman–Crippen LogP) is 4.30. The molecule has 0 aliphatic carbocycles. The predicted molar refractivity (Wildman–Crippen MR) is 94.8 cm³/mol. The van der Waals surface area contributed by atoms with E-state index < -0.39 is 11.7 Å². The summed E-state index contributed by atoms with van der Waals surface area (Å²) in [7, 11) is 2.03. The van der Waals surface area contributed by atoms with Gasteiger partial charge in [-0.3, -0.25) is 4.90 Å². The molecule has 2 atom stereocenters. The molecule has 1 fully saturated rings. The van der Waals surface area contributed by atoms with Crippen LogP contribution in [0.25, 0.3) is 0 Å². The topological polar surface area (TPSA) is 41.1 Å². The standard InChI is InChI=1S/C19H23F3N4/c1-13-9-10-23-18(25-13)24-12-15-4-3-11-26(2)17(15)14-5-7-16(8-6-14)19(20,21)22/h5-10,15,17H,3-4,11-12H2,1-2H3,(H,23,24,25). The van der Waals surface area contributed by atoms with Gasteiger partial charge < -0.3 is 5.32 Å². The average molecular weight is 364 g/mol. The Bertz CT molecular complexity index is 730. The molecule has 0 bridgehead atoms. The zero-order valence-electron chi connectivity index (χ0n) is 14.9. The summed E-state index contributed by atoms with van der Waals surface area (Å²) < 4.78 is 38.5. The lowest BCUT2D eigenvalue weighted by Gasteiger charge is -2.39. The Hall–Kier alpha value is -2.15. The number of anilines is 1. The summed E-state index contributed by atoms with van der Waals surface area (Å²) in [4.78, 5) is 10.8. The molecule has 1 saturated heterocycles. The number of rotatable bonds is 4. The summed E-state index contributed by atoms with van der Waals surface area (Å²) >= 11 is 0. The van der Waals surface area contributed by atoms with Crippen LogP contribution in [-0.2, 0) is 6.18 Å². The number of aryl methyl sites for hydroxylation is 1. The minimum absolute atomic E-state index is 0.0725. The van der Waals surface area contributed by atoms with Crippen molar-refractivity contribution in [3.05, 3.63) is 53.3 Å². The molecule has 0 radical (unpaired) electrons. The minimum atomic E-state index is -4.31. The number of piperidine rings is 1. The number of benzene rings is 1. The Morgan fingerprint density at radius 2 is 1.92 bits per heavy atom. The molecule has 1 aromatic carbocycles. The molecule has 1 aromatic heterocycles. The van der Waals surface area contributed by atoms with Crippen molar-refractivity contribution in [2.45, 2.75) is 32.0 Å². The zero-order chi connectivity index (χ0) is 18.7. The number of hydrogen-bond donors (Lipinski definition) is 1. The van der Waals surface area contributed by atoms with E-state index in [9.17, 15) is 13.2 Å². The highest BCUT2D eigenvalue weighted by Crippen LogP contribution is 2.37. The van der Waals surface area contributed by atoms with Crippen LogP contribution in [0.1, 0.15) is 35.7 Å². The molecule has 1 aliphatic heterocycles. The van der Waals surface area contributed by atoms with Crippen LogP contribution >= 0.6 is 0 Å². The van der Waals surface area contributed by atoms with E-state index in [1.165, 1.54) is 12.1 Å². The molecule has 26 heavy (non-hydrogen) atoms. The van der Waals surface area contributed by atoms with Crippen molar-refractivity contribution in [2.75, 3.05) is 25.5 Å². The first-order chi connectivity index (χ1) is 12.3. The molecule has 2 aromatic rings. The van der Waals surface area contributed by atoms with Gasteiger partial charge in [0.1, 0.15) is 0 Å². The maximum atomic E-state index is 12.8. The lowest BCUT2D eigenvalue weighted by atomic mass is 9.84. The first-order valence-electron chi connectivity index (χ1n) is 8.75. The lowest BCUT2D eigenvalue weighted by Crippen LogP contribution is -2.39. The highest BCUT2D eigenvalue weighted by Gasteiger charge is 2.33. The van der Waals surface area contributed by atoms with E-state index in [0.717, 1.165) is 30.6 Å². The van der Waals surface area contributed by atoms with E-state index in [1.54, 1.807) is 18.3 Å². The van der Waals surface area contributed by atoms with E-state index in [-0.39, 0.29) is 12.0 Å². The Balaban J connectivity index is 1.75. The van der Waals surface area contributed by atoms with Crippen LogP contribution in [0.15, 0.2) is 36.5 Å². The quantitative estimate of drug-likeness (QED) is 0.878. The fraction of sp³-hybridized carbons (Fsp3) is 0.474. The van der Waals surface area contributed by atoms with Gasteiger partial charge in [0.15, 0.2) is 0 Å². The van der Waals surface area contributed by atoms with Crippen molar-refractivity contribution >= 4 is 5.95 Å². The third kappa shape index (κ3) is 4.33. The van der Waals surface area contributed by atoms with E-state index in [4.69, 9.17) is 0 Å². The number of nitrogens with one attached hydrogen (secondary N) is 1. The van der Waals surface area contributed by atoms with Crippen LogP contribution < -0.4 is 5.32 Å². The van der Waals surface area contributed by atoms with Crippen molar-refractivity contribution in [1.29, 1.82) is 0 Å². The monoisotopic (exact) mass is 364 g/mol. The molecule has 4 nitrogen and oxygen atoms in total. The summed E-state index contributed by atoms with van der Waals surface area (Å²) in [6.07, 6.45) is -0.519. The SMILES string of the molecule is Cc1ccnc(NCC2CCCN(C)C2c2ccc(C(F)(F)F)cc2)n1. The van der Waals surface area contributed by atoms with Crippen LogP contribution in [0.2, 0.25) is 0 Å². The van der Waals surface area contributed by atoms with E-state index in [1.807, 2.05) is 20.0 Å². The molecule has 1 N–H and O–H groups in total. The lowest BCUT2D eigenvalue weighted by molar-refractivity contribution is -0.137. The van der Waals surface area contributed by atoms with Crippen molar-refractivity contribution in [3.8, 4) is 0 Å². The maximum Gasteiger partial charge on any atom is 0.416 e. The number of likely N-dealkylation sites (tertiary alicyclic amines) is 1. The second-order valence-corrected chi connectivity index (χ2v) is 6.85. The van der Waals surface area contributed by atoms with Crippen LogP contribution in [-0.4, -0.2) is 35.0 Å². The van der Waals surface area contributed by atoms with Gasteiger partial charge in [0, 0.05) is 24.5 Å². The summed E-state index contributed by atoms with van der Waals surface area (Å²) in [5, 5.41) is 3.28. The normalized spacial score (nSPS) is 21.6. The highest BCUT2D eigenvalue weighted by atomic mass is 19.4. The van der Waals surface area contributed by atoms with E-state index in [0.29, 0.717) is 12.5 Å². The van der Waals surface area contributed by atoms with Crippen molar-refractivity contribution in [3.63, 3.8) is 0 Å². The highest BCUT2D eigenvalue weighted by molar-refractivity contribution is 5.29. The van der Waals surface area contributed by atoms with Gasteiger partial charge >= 0.3 is 6.18 Å². The van der Waals surface area contributed by atoms with Gasteiger partial charge in [-0.05, 0) is 63.0 Å². The van der Waals surface area contributed by atoms with Gasteiger partial charge in [-0.2, -0.15) is 13.2 Å². The Morgan fingerprint density at radius 3 is 2.58 bits per heavy atom. The molecular formula is C19H23F3N4. The van der Waals surface area contributed by atoms with Crippen LogP contribution in [0.5, 0.6) is 0 Å². The van der Waals surface area contributed by atoms with Crippen LogP contribution in [0.3, 0.4) is 0 Å². The molecule has 2 heterocycles. The number of hydrogen-bond acceptors (Lipinski definition) is 4. The Labute approximate surface area is 151 Å². The van der Waals surface area contributed by atoms with E-state index in [2.05, 4.69) is 20.2 Å². The van der Waals surface area contributed by atoms with Crippen LogP contribution in [0, 0.1) is 12.8 Å². The summed E-state index contributed by atoms with van der Waals surface area (Å²) in [5.41, 5.74) is 1.20. The number of alkyl halides is 3. The molecule has 7 heteroatoms. The van der Waals surface area contributed by atoms with Crippen molar-refractivity contribution < 1.29 is 13.2 Å². The maximum absolute atomic E-state index is 12.8. The van der Waals surface area contributed by atoms with Gasteiger partial charge in [-0.15, -0.1) is 0 Å². The van der Waals surface area contributed by atoms with Crippen molar-refractivity contribution in [2.24, 2.45) is 5.92 Å². The van der Waals surface area contributed by atoms with Crippen LogP contribution in [0.4, 0.5) is 19.1 Å². The largest absolute Gasteiger partial charge is 0.416 e. The molecule has 2 unspecified atom stereocenters. The van der Waals surface area contributed by atoms with Gasteiger partial charge in [-0.1, -0.05) is 12.1 Å². The number of nitrogens with zero attached hydrogens (tertiary/aromatic N) is 3. The van der Waals surface area contributed by atoms with Gasteiger partial charge in [-0.25, -0.2) is 9.97 Å². The van der Waals surface area contributed by atoms with Gasteiger partial charge in [0.25, 0.3) is 0 Å². The fourth-order valence-electron chi connectivity index (χ4n) is 3.63. The Kier molecular flexibility index (Phi) is 5.46. The van der Waals surface area contributed by atoms with Gasteiger partial charge in [0.05, 0.1) is 5.56 Å². The summed E-state index contributed by atoms with van der Waals surface area (Å²) in [6.45, 7) is 3.52. The number of halogens is 3. The number of aromatic nitrogens is 2. The molecular weight excluding hydrogens is 341 g/mol. The zero-order valence-corrected chi connectivity index (χ0v) is 14.9. The smallest absolute Gasteiger partial charge is 0.354 e. The molecule has 1 aliphatic rings. The third-order valence-electron chi connectivity index (χ3n) is 4.90. The minimum Gasteiger partial charge on any atom is -0.354 e. The first-order valence-corrected chi connectivity index (χ1v) is 8.75. The fourth-order valence-corrected chi connectivity index (χ4v) is 3.63. The second kappa shape index (κ2) is 7.61. The summed E-state index contributed by atoms with van der Waals surface area (Å²) in [6, 6.07) is 7.46. The molecule has 0 amide bonds. The van der Waals surface area contributed by atoms with Crippen molar-refractivity contribution in [1.82, 2.24) is 14.9 Å². The average Bonchev–Trinajstić information content (AvgIpc) is 2.59. The second-order valence-electron chi connectivity index (χ2n) is 6.85. The van der Waals surface area contributed by atoms with Gasteiger partial charge in [0.2, 0.25) is 5.95 Å². The summed E-state index contributed by atoms with van der Waals surface area (Å²) in [5.74, 6) is 0.860. The molecule has 0 spiro atoms. The molecule has 140 valence electrons. The first kappa shape index (κ1) is 18.6. The Morgan fingerprint density at radius 1 is 1.19 bits per heavy atom. The molecule has 0 saturated carbocycles. The molecule has 3 rings (SSSR count). The third-order valence-corrected chi connectivity index (χ3v) is 4.90. The van der Waals surface area contributed by atoms with E-state index >= 15 is 0 Å².